The summed E-state index contributed by atoms with van der Waals surface area (Å²) in [4.78, 5) is 0. The highest BCUT2D eigenvalue weighted by Gasteiger charge is 2.46. The maximum Gasteiger partial charge on any atom is 0.201 e. The third kappa shape index (κ3) is 9.60. The fourth-order valence-electron chi connectivity index (χ4n) is 5.55. The Morgan fingerprint density at radius 3 is 2.06 bits per heavy atom. The number of ether oxygens (including phenoxy) is 2. The smallest absolute Gasteiger partial charge is 0.201 e. The summed E-state index contributed by atoms with van der Waals surface area (Å²) in [5.74, 6) is -0.540. The third-order valence-electron chi connectivity index (χ3n) is 7.19. The van der Waals surface area contributed by atoms with Crippen LogP contribution >= 0.6 is 0 Å². The van der Waals surface area contributed by atoms with E-state index in [-0.39, 0.29) is 12.1 Å². The first-order chi connectivity index (χ1) is 15.5. The van der Waals surface area contributed by atoms with Crippen molar-refractivity contribution in [3.63, 3.8) is 0 Å². The molecule has 0 aliphatic carbocycles. The molecule has 33 heavy (non-hydrogen) atoms. The van der Waals surface area contributed by atoms with Gasteiger partial charge in [-0.1, -0.05) is 72.3 Å². The van der Waals surface area contributed by atoms with Gasteiger partial charge in [0.1, 0.15) is 0 Å². The monoisotopic (exact) mass is 481 g/mol. The second-order valence-corrected chi connectivity index (χ2v) is 16.5. The van der Waals surface area contributed by atoms with Crippen molar-refractivity contribution in [1.29, 1.82) is 0 Å². The van der Waals surface area contributed by atoms with Crippen molar-refractivity contribution in [2.24, 2.45) is 5.73 Å². The minimum absolute atomic E-state index is 0.0872. The molecule has 1 heterocycles. The largest absolute Gasteiger partial charge is 0.410 e. The van der Waals surface area contributed by atoms with Crippen molar-refractivity contribution < 1.29 is 13.9 Å². The summed E-state index contributed by atoms with van der Waals surface area (Å²) in [6.45, 7) is 22.1. The van der Waals surface area contributed by atoms with E-state index < -0.39 is 14.1 Å². The molecule has 0 aromatic carbocycles. The van der Waals surface area contributed by atoms with Crippen molar-refractivity contribution in [3.05, 3.63) is 23.8 Å². The summed E-state index contributed by atoms with van der Waals surface area (Å²) in [7, 11) is -1.88. The maximum absolute atomic E-state index is 6.98. The Hall–Kier alpha value is -0.463. The first-order valence-electron chi connectivity index (χ1n) is 13.5. The van der Waals surface area contributed by atoms with E-state index in [9.17, 15) is 0 Å². The second-order valence-electron chi connectivity index (χ2n) is 11.1. The van der Waals surface area contributed by atoms with Crippen LogP contribution in [0.4, 0.5) is 0 Å². The van der Waals surface area contributed by atoms with Gasteiger partial charge in [0.25, 0.3) is 0 Å². The molecule has 0 aromatic heterocycles. The average molecular weight is 482 g/mol. The Balaban J connectivity index is 2.77. The highest BCUT2D eigenvalue weighted by molar-refractivity contribution is 6.77. The fraction of sp³-hybridized carbons (Fsp3) is 0.857. The molecule has 0 bridgehead atoms. The number of hydrogen-bond donors (Lipinski definition) is 1. The molecular formula is C28H55NO3Si. The Kier molecular flexibility index (Phi) is 13.7. The number of hydrogen-bond acceptors (Lipinski definition) is 4. The normalized spacial score (nSPS) is 18.9. The summed E-state index contributed by atoms with van der Waals surface area (Å²) in [5.41, 5.74) is 9.62. The minimum atomic E-state index is -1.88. The molecule has 0 spiro atoms. The standard InChI is InChI=1S/C28H55NO3Si/c1-10-27(32-33(23(4)5,24(6)7)25(8)9)17-11-12-18-28(30-19-14-20-31-28)21-26(29)16-13-15-22(2)3/h11,15,17,23-27H,10,12-14,16,18-21,29H2,1-9H3/b17-11-/t26-,27-/m0/s1. The number of nitrogens with two attached hydrogens (primary N) is 1. The zero-order valence-corrected chi connectivity index (χ0v) is 24.3. The van der Waals surface area contributed by atoms with E-state index in [0.717, 1.165) is 58.2 Å². The van der Waals surface area contributed by atoms with Crippen molar-refractivity contribution in [2.45, 2.75) is 142 Å². The van der Waals surface area contributed by atoms with Crippen LogP contribution in [0.2, 0.25) is 16.6 Å². The molecule has 1 aliphatic heterocycles. The zero-order valence-electron chi connectivity index (χ0n) is 23.3. The van der Waals surface area contributed by atoms with Gasteiger partial charge in [-0.05, 0) is 62.6 Å². The first-order valence-corrected chi connectivity index (χ1v) is 15.6. The molecule has 4 nitrogen and oxygen atoms in total. The van der Waals surface area contributed by atoms with E-state index in [4.69, 9.17) is 19.6 Å². The average Bonchev–Trinajstić information content (AvgIpc) is 2.72. The van der Waals surface area contributed by atoms with E-state index in [1.54, 1.807) is 0 Å². The van der Waals surface area contributed by atoms with Gasteiger partial charge in [0, 0.05) is 18.9 Å². The lowest BCUT2D eigenvalue weighted by molar-refractivity contribution is -0.274. The Bertz CT molecular complexity index is 568. The Morgan fingerprint density at radius 1 is 1.00 bits per heavy atom. The van der Waals surface area contributed by atoms with Crippen LogP contribution in [0.3, 0.4) is 0 Å². The SMILES string of the molecule is CC[C@@H](/C=C\CCC1(C[C@@H](N)CCC=C(C)C)OCCCO1)O[Si](C(C)C)(C(C)C)C(C)C. The summed E-state index contributed by atoms with van der Waals surface area (Å²) in [6, 6.07) is 0.0872. The number of allylic oxidation sites excluding steroid dienone is 3. The Labute approximate surface area is 206 Å². The molecule has 0 aromatic rings. The molecule has 1 saturated heterocycles. The van der Waals surface area contributed by atoms with E-state index in [0.29, 0.717) is 16.6 Å². The van der Waals surface area contributed by atoms with Crippen LogP contribution in [0.25, 0.3) is 0 Å². The van der Waals surface area contributed by atoms with Gasteiger partial charge in [-0.3, -0.25) is 0 Å². The molecule has 1 aliphatic rings. The van der Waals surface area contributed by atoms with Crippen LogP contribution < -0.4 is 5.73 Å². The molecule has 0 radical (unpaired) electrons. The molecule has 194 valence electrons. The molecule has 0 amide bonds. The van der Waals surface area contributed by atoms with Gasteiger partial charge in [-0.25, -0.2) is 0 Å². The van der Waals surface area contributed by atoms with Gasteiger partial charge < -0.3 is 19.6 Å². The summed E-state index contributed by atoms with van der Waals surface area (Å²) in [5, 5.41) is 0. The molecule has 2 atom stereocenters. The van der Waals surface area contributed by atoms with Crippen molar-refractivity contribution >= 4 is 8.32 Å². The first kappa shape index (κ1) is 30.6. The molecule has 2 N–H and O–H groups in total. The van der Waals surface area contributed by atoms with Crippen LogP contribution in [-0.2, 0) is 13.9 Å². The van der Waals surface area contributed by atoms with Gasteiger partial charge in [-0.2, -0.15) is 0 Å². The maximum atomic E-state index is 6.98. The van der Waals surface area contributed by atoms with E-state index in [2.05, 4.69) is 80.5 Å². The molecular weight excluding hydrogens is 426 g/mol. The van der Waals surface area contributed by atoms with Gasteiger partial charge in [0.15, 0.2) is 5.79 Å². The van der Waals surface area contributed by atoms with Crippen LogP contribution in [0.1, 0.15) is 107 Å². The molecule has 5 heteroatoms. The summed E-state index contributed by atoms with van der Waals surface area (Å²) >= 11 is 0. The summed E-state index contributed by atoms with van der Waals surface area (Å²) < 4.78 is 19.4. The Morgan fingerprint density at radius 2 is 1.58 bits per heavy atom. The highest BCUT2D eigenvalue weighted by atomic mass is 28.4. The van der Waals surface area contributed by atoms with Crippen LogP contribution in [0.15, 0.2) is 23.8 Å². The lowest BCUT2D eigenvalue weighted by atomic mass is 9.97. The van der Waals surface area contributed by atoms with Crippen LogP contribution in [0.5, 0.6) is 0 Å². The fourth-order valence-corrected chi connectivity index (χ4v) is 11.1. The quantitative estimate of drug-likeness (QED) is 0.191. The van der Waals surface area contributed by atoms with E-state index in [1.165, 1.54) is 5.57 Å². The van der Waals surface area contributed by atoms with Gasteiger partial charge in [-0.15, -0.1) is 0 Å². The van der Waals surface area contributed by atoms with Gasteiger partial charge >= 0.3 is 0 Å². The van der Waals surface area contributed by atoms with Crippen molar-refractivity contribution in [3.8, 4) is 0 Å². The topological polar surface area (TPSA) is 53.7 Å². The third-order valence-corrected chi connectivity index (χ3v) is 13.3. The van der Waals surface area contributed by atoms with Crippen LogP contribution in [0, 0.1) is 0 Å². The predicted octanol–water partition coefficient (Wildman–Crippen LogP) is 7.89. The van der Waals surface area contributed by atoms with E-state index >= 15 is 0 Å². The van der Waals surface area contributed by atoms with E-state index in [1.807, 2.05) is 0 Å². The van der Waals surface area contributed by atoms with Gasteiger partial charge in [0.05, 0.1) is 19.3 Å². The van der Waals surface area contributed by atoms with Crippen molar-refractivity contribution in [2.75, 3.05) is 13.2 Å². The second kappa shape index (κ2) is 14.8. The number of rotatable bonds is 15. The predicted molar refractivity (Wildman–Crippen MR) is 145 cm³/mol. The zero-order chi connectivity index (χ0) is 25.1. The summed E-state index contributed by atoms with van der Waals surface area (Å²) in [6.07, 6.45) is 13.5. The molecule has 0 unspecified atom stereocenters. The van der Waals surface area contributed by atoms with Gasteiger partial charge in [0.2, 0.25) is 8.32 Å². The minimum Gasteiger partial charge on any atom is -0.410 e. The van der Waals surface area contributed by atoms with Crippen molar-refractivity contribution in [1.82, 2.24) is 0 Å². The molecule has 0 saturated carbocycles. The van der Waals surface area contributed by atoms with Crippen LogP contribution in [-0.4, -0.2) is 39.5 Å². The molecule has 1 rings (SSSR count). The molecule has 1 fully saturated rings. The lowest BCUT2D eigenvalue weighted by Gasteiger charge is -2.44. The highest BCUT2D eigenvalue weighted by Crippen LogP contribution is 2.43. The lowest BCUT2D eigenvalue weighted by Crippen LogP contribution is -2.49.